The van der Waals surface area contributed by atoms with E-state index in [2.05, 4.69) is 61.1 Å². The molecule has 1 rings (SSSR count). The van der Waals surface area contributed by atoms with Gasteiger partial charge in [0.1, 0.15) is 5.75 Å². The molecule has 3 heteroatoms. The minimum atomic E-state index is 0.238. The number of halogens is 1. The Bertz CT molecular complexity index is 438. The fourth-order valence-electron chi connectivity index (χ4n) is 2.34. The monoisotopic (exact) mass is 355 g/mol. The summed E-state index contributed by atoms with van der Waals surface area (Å²) >= 11 is 3.61. The minimum Gasteiger partial charge on any atom is -0.496 e. The van der Waals surface area contributed by atoms with Crippen LogP contribution in [0.5, 0.6) is 5.75 Å². The SMILES string of the molecule is COc1cc(C)c(Br)cc1CCCCCCNC(C)(C)C. The van der Waals surface area contributed by atoms with Crippen molar-refractivity contribution in [3.8, 4) is 5.75 Å². The van der Waals surface area contributed by atoms with Crippen molar-refractivity contribution in [1.82, 2.24) is 5.32 Å². The summed E-state index contributed by atoms with van der Waals surface area (Å²) in [6.07, 6.45) is 6.14. The van der Waals surface area contributed by atoms with Gasteiger partial charge in [-0.25, -0.2) is 0 Å². The van der Waals surface area contributed by atoms with Crippen molar-refractivity contribution < 1.29 is 4.74 Å². The first-order chi connectivity index (χ1) is 9.83. The molecule has 1 aromatic carbocycles. The third kappa shape index (κ3) is 7.32. The molecule has 0 amide bonds. The van der Waals surface area contributed by atoms with Crippen LogP contribution < -0.4 is 10.1 Å². The summed E-state index contributed by atoms with van der Waals surface area (Å²) < 4.78 is 6.66. The highest BCUT2D eigenvalue weighted by molar-refractivity contribution is 9.10. The third-order valence-corrected chi connectivity index (χ3v) is 4.44. The Morgan fingerprint density at radius 2 is 1.76 bits per heavy atom. The Labute approximate surface area is 138 Å². The van der Waals surface area contributed by atoms with E-state index in [0.717, 1.165) is 18.7 Å². The van der Waals surface area contributed by atoms with Gasteiger partial charge in [-0.15, -0.1) is 0 Å². The van der Waals surface area contributed by atoms with Gasteiger partial charge in [-0.1, -0.05) is 28.8 Å². The lowest BCUT2D eigenvalue weighted by atomic mass is 10.0. The van der Waals surface area contributed by atoms with Crippen LogP contribution in [-0.2, 0) is 6.42 Å². The molecule has 0 bridgehead atoms. The summed E-state index contributed by atoms with van der Waals surface area (Å²) in [6, 6.07) is 4.32. The number of rotatable bonds is 8. The van der Waals surface area contributed by atoms with Gasteiger partial charge in [0.25, 0.3) is 0 Å². The second kappa shape index (κ2) is 8.79. The Kier molecular flexibility index (Phi) is 7.75. The van der Waals surface area contributed by atoms with Gasteiger partial charge >= 0.3 is 0 Å². The average molecular weight is 356 g/mol. The molecule has 0 aliphatic carbocycles. The predicted octanol–water partition coefficient (Wildman–Crippen LogP) is 5.26. The van der Waals surface area contributed by atoms with Crippen LogP contribution in [0.1, 0.15) is 57.6 Å². The molecule has 21 heavy (non-hydrogen) atoms. The number of hydrogen-bond donors (Lipinski definition) is 1. The van der Waals surface area contributed by atoms with E-state index in [1.165, 1.54) is 41.3 Å². The number of aryl methyl sites for hydroxylation is 2. The van der Waals surface area contributed by atoms with Crippen molar-refractivity contribution in [2.45, 2.75) is 65.3 Å². The Hall–Kier alpha value is -0.540. The van der Waals surface area contributed by atoms with E-state index in [1.54, 1.807) is 7.11 Å². The quantitative estimate of drug-likeness (QED) is 0.642. The smallest absolute Gasteiger partial charge is 0.122 e. The van der Waals surface area contributed by atoms with Crippen LogP contribution in [0.2, 0.25) is 0 Å². The molecule has 0 aliphatic heterocycles. The lowest BCUT2D eigenvalue weighted by Gasteiger charge is -2.20. The molecule has 0 radical (unpaired) electrons. The number of methoxy groups -OCH3 is 1. The third-order valence-electron chi connectivity index (χ3n) is 3.59. The van der Waals surface area contributed by atoms with Crippen LogP contribution in [0.25, 0.3) is 0 Å². The van der Waals surface area contributed by atoms with E-state index in [0.29, 0.717) is 0 Å². The van der Waals surface area contributed by atoms with Gasteiger partial charge in [-0.2, -0.15) is 0 Å². The van der Waals surface area contributed by atoms with Gasteiger partial charge in [0.2, 0.25) is 0 Å². The topological polar surface area (TPSA) is 21.3 Å². The van der Waals surface area contributed by atoms with Gasteiger partial charge in [-0.3, -0.25) is 0 Å². The first-order valence-electron chi connectivity index (χ1n) is 7.91. The molecule has 0 unspecified atom stereocenters. The van der Waals surface area contributed by atoms with Gasteiger partial charge in [0.05, 0.1) is 7.11 Å². The van der Waals surface area contributed by atoms with Gasteiger partial charge < -0.3 is 10.1 Å². The van der Waals surface area contributed by atoms with Crippen LogP contribution in [0.15, 0.2) is 16.6 Å². The van der Waals surface area contributed by atoms with Gasteiger partial charge in [0, 0.05) is 10.0 Å². The Morgan fingerprint density at radius 1 is 1.10 bits per heavy atom. The molecule has 0 aliphatic rings. The number of nitrogens with one attached hydrogen (secondary N) is 1. The average Bonchev–Trinajstić information content (AvgIpc) is 2.40. The van der Waals surface area contributed by atoms with Crippen molar-refractivity contribution in [3.05, 3.63) is 27.7 Å². The molecule has 1 aromatic rings. The Balaban J connectivity index is 2.28. The number of unbranched alkanes of at least 4 members (excludes halogenated alkanes) is 3. The van der Waals surface area contributed by atoms with Crippen LogP contribution >= 0.6 is 15.9 Å². The lowest BCUT2D eigenvalue weighted by Crippen LogP contribution is -2.36. The van der Waals surface area contributed by atoms with Crippen LogP contribution in [0.3, 0.4) is 0 Å². The zero-order valence-corrected chi connectivity index (χ0v) is 15.8. The van der Waals surface area contributed by atoms with Gasteiger partial charge in [0.15, 0.2) is 0 Å². The molecule has 120 valence electrons. The molecular formula is C18H30BrNO. The van der Waals surface area contributed by atoms with E-state index >= 15 is 0 Å². The van der Waals surface area contributed by atoms with Crippen molar-refractivity contribution in [2.24, 2.45) is 0 Å². The molecule has 2 nitrogen and oxygen atoms in total. The van der Waals surface area contributed by atoms with Crippen molar-refractivity contribution in [2.75, 3.05) is 13.7 Å². The van der Waals surface area contributed by atoms with Crippen LogP contribution in [0, 0.1) is 6.92 Å². The number of benzene rings is 1. The molecule has 0 saturated carbocycles. The molecule has 0 saturated heterocycles. The Morgan fingerprint density at radius 3 is 2.38 bits per heavy atom. The fraction of sp³-hybridized carbons (Fsp3) is 0.667. The highest BCUT2D eigenvalue weighted by Crippen LogP contribution is 2.28. The van der Waals surface area contributed by atoms with E-state index < -0.39 is 0 Å². The second-order valence-corrected chi connectivity index (χ2v) is 7.61. The second-order valence-electron chi connectivity index (χ2n) is 6.75. The minimum absolute atomic E-state index is 0.238. The highest BCUT2D eigenvalue weighted by Gasteiger charge is 2.08. The molecule has 0 fully saturated rings. The van der Waals surface area contributed by atoms with Crippen LogP contribution in [0.4, 0.5) is 0 Å². The normalized spacial score (nSPS) is 11.7. The summed E-state index contributed by atoms with van der Waals surface area (Å²) in [7, 11) is 1.75. The molecule has 0 spiro atoms. The van der Waals surface area contributed by atoms with Gasteiger partial charge in [-0.05, 0) is 76.8 Å². The summed E-state index contributed by atoms with van der Waals surface area (Å²) in [5.41, 5.74) is 2.77. The summed E-state index contributed by atoms with van der Waals surface area (Å²) in [4.78, 5) is 0. The first kappa shape index (κ1) is 18.5. The van der Waals surface area contributed by atoms with E-state index in [9.17, 15) is 0 Å². The first-order valence-corrected chi connectivity index (χ1v) is 8.71. The van der Waals surface area contributed by atoms with E-state index in [1.807, 2.05) is 0 Å². The summed E-state index contributed by atoms with van der Waals surface area (Å²) in [5, 5.41) is 3.54. The maximum atomic E-state index is 5.48. The van der Waals surface area contributed by atoms with Crippen molar-refractivity contribution in [3.63, 3.8) is 0 Å². The molecule has 0 atom stereocenters. The molecular weight excluding hydrogens is 326 g/mol. The summed E-state index contributed by atoms with van der Waals surface area (Å²) in [6.45, 7) is 9.86. The maximum Gasteiger partial charge on any atom is 0.122 e. The molecule has 0 heterocycles. The number of ether oxygens (including phenoxy) is 1. The zero-order valence-electron chi connectivity index (χ0n) is 14.2. The largest absolute Gasteiger partial charge is 0.496 e. The maximum absolute atomic E-state index is 5.48. The zero-order chi connectivity index (χ0) is 15.9. The lowest BCUT2D eigenvalue weighted by molar-refractivity contribution is 0.406. The standard InChI is InChI=1S/C18H30BrNO/c1-14-12-17(21-5)15(13-16(14)19)10-8-6-7-9-11-20-18(2,3)4/h12-13,20H,6-11H2,1-5H3. The van der Waals surface area contributed by atoms with Crippen molar-refractivity contribution >= 4 is 15.9 Å². The molecule has 1 N–H and O–H groups in total. The highest BCUT2D eigenvalue weighted by atomic mass is 79.9. The van der Waals surface area contributed by atoms with Crippen molar-refractivity contribution in [1.29, 1.82) is 0 Å². The fourth-order valence-corrected chi connectivity index (χ4v) is 2.73. The van der Waals surface area contributed by atoms with E-state index in [-0.39, 0.29) is 5.54 Å². The van der Waals surface area contributed by atoms with E-state index in [4.69, 9.17) is 4.74 Å². The predicted molar refractivity (Wildman–Crippen MR) is 95.4 cm³/mol. The molecule has 0 aromatic heterocycles. The summed E-state index contributed by atoms with van der Waals surface area (Å²) in [5.74, 6) is 1.02. The number of hydrogen-bond acceptors (Lipinski definition) is 2. The van der Waals surface area contributed by atoms with Crippen LogP contribution in [-0.4, -0.2) is 19.2 Å².